The lowest BCUT2D eigenvalue weighted by Gasteiger charge is -2.05. The number of aromatic nitrogens is 2. The Morgan fingerprint density at radius 2 is 1.89 bits per heavy atom. The SMILES string of the molecule is Cc1ccccc1-c1cc2cccnc2c[n+]1C. The molecule has 0 fully saturated rings. The van der Waals surface area contributed by atoms with Gasteiger partial charge in [0.15, 0.2) is 6.20 Å². The van der Waals surface area contributed by atoms with Crippen LogP contribution in [0.1, 0.15) is 5.56 Å². The van der Waals surface area contributed by atoms with Gasteiger partial charge in [-0.3, -0.25) is 0 Å². The number of rotatable bonds is 1. The quantitative estimate of drug-likeness (QED) is 0.592. The van der Waals surface area contributed by atoms with Gasteiger partial charge >= 0.3 is 0 Å². The summed E-state index contributed by atoms with van der Waals surface area (Å²) in [7, 11) is 2.07. The van der Waals surface area contributed by atoms with E-state index in [0.717, 1.165) is 5.52 Å². The van der Waals surface area contributed by atoms with Crippen LogP contribution < -0.4 is 4.57 Å². The van der Waals surface area contributed by atoms with Crippen LogP contribution in [0.25, 0.3) is 22.2 Å². The molecule has 2 nitrogen and oxygen atoms in total. The molecule has 2 heterocycles. The second-order valence-corrected chi connectivity index (χ2v) is 4.56. The maximum Gasteiger partial charge on any atom is 0.213 e. The molecule has 0 amide bonds. The summed E-state index contributed by atoms with van der Waals surface area (Å²) in [5.74, 6) is 0. The van der Waals surface area contributed by atoms with Gasteiger partial charge in [-0.1, -0.05) is 24.3 Å². The molecule has 0 aliphatic heterocycles. The minimum Gasteiger partial charge on any atom is -0.250 e. The molecule has 0 unspecified atom stereocenters. The average molecular weight is 235 g/mol. The Labute approximate surface area is 107 Å². The van der Waals surface area contributed by atoms with Crippen molar-refractivity contribution in [3.05, 3.63) is 60.4 Å². The zero-order chi connectivity index (χ0) is 12.5. The summed E-state index contributed by atoms with van der Waals surface area (Å²) in [6, 6.07) is 14.7. The highest BCUT2D eigenvalue weighted by Gasteiger charge is 2.13. The van der Waals surface area contributed by atoms with Gasteiger partial charge in [-0.2, -0.15) is 4.57 Å². The molecule has 2 aromatic heterocycles. The zero-order valence-electron chi connectivity index (χ0n) is 10.6. The molecule has 0 aliphatic rings. The highest BCUT2D eigenvalue weighted by Crippen LogP contribution is 2.22. The van der Waals surface area contributed by atoms with Crippen molar-refractivity contribution in [1.82, 2.24) is 4.98 Å². The molecule has 18 heavy (non-hydrogen) atoms. The highest BCUT2D eigenvalue weighted by molar-refractivity contribution is 5.80. The van der Waals surface area contributed by atoms with Crippen LogP contribution in [0.3, 0.4) is 0 Å². The van der Waals surface area contributed by atoms with Gasteiger partial charge in [0.1, 0.15) is 12.6 Å². The first-order valence-corrected chi connectivity index (χ1v) is 6.06. The Hall–Kier alpha value is -2.22. The molecule has 2 heteroatoms. The van der Waals surface area contributed by atoms with E-state index < -0.39 is 0 Å². The van der Waals surface area contributed by atoms with Crippen molar-refractivity contribution in [2.45, 2.75) is 6.92 Å². The van der Waals surface area contributed by atoms with Gasteiger partial charge in [0.05, 0.1) is 0 Å². The molecule has 0 radical (unpaired) electrons. The lowest BCUT2D eigenvalue weighted by atomic mass is 10.0. The molecule has 1 aromatic carbocycles. The van der Waals surface area contributed by atoms with Crippen molar-refractivity contribution in [1.29, 1.82) is 0 Å². The molecule has 3 rings (SSSR count). The zero-order valence-corrected chi connectivity index (χ0v) is 10.6. The lowest BCUT2D eigenvalue weighted by molar-refractivity contribution is -0.659. The largest absolute Gasteiger partial charge is 0.250 e. The standard InChI is InChI=1S/C16H15N2/c1-12-6-3-4-8-14(12)16-10-13-7-5-9-17-15(13)11-18(16)2/h3-11H,1-2H3/q+1. The predicted molar refractivity (Wildman–Crippen MR) is 73.1 cm³/mol. The van der Waals surface area contributed by atoms with Crippen LogP contribution in [0.15, 0.2) is 54.9 Å². The second-order valence-electron chi connectivity index (χ2n) is 4.56. The molecule has 0 N–H and O–H groups in total. The Morgan fingerprint density at radius 1 is 1.06 bits per heavy atom. The number of hydrogen-bond donors (Lipinski definition) is 0. The van der Waals surface area contributed by atoms with Crippen LogP contribution in [0.2, 0.25) is 0 Å². The number of fused-ring (bicyclic) bond motifs is 1. The first-order chi connectivity index (χ1) is 8.75. The fourth-order valence-electron chi connectivity index (χ4n) is 2.29. The minimum atomic E-state index is 1.03. The number of nitrogens with zero attached hydrogens (tertiary/aromatic N) is 2. The van der Waals surface area contributed by atoms with E-state index >= 15 is 0 Å². The van der Waals surface area contributed by atoms with Crippen LogP contribution in [0.5, 0.6) is 0 Å². The number of aryl methyl sites for hydroxylation is 2. The third-order valence-electron chi connectivity index (χ3n) is 3.28. The van der Waals surface area contributed by atoms with Crippen LogP contribution in [-0.4, -0.2) is 4.98 Å². The van der Waals surface area contributed by atoms with Gasteiger partial charge in [0, 0.05) is 23.2 Å². The van der Waals surface area contributed by atoms with Gasteiger partial charge in [0.25, 0.3) is 0 Å². The summed E-state index contributed by atoms with van der Waals surface area (Å²) in [6.07, 6.45) is 3.91. The normalized spacial score (nSPS) is 10.8. The molecule has 0 saturated heterocycles. The van der Waals surface area contributed by atoms with Crippen LogP contribution in [0.4, 0.5) is 0 Å². The molecule has 0 atom stereocenters. The van der Waals surface area contributed by atoms with E-state index in [1.54, 1.807) is 0 Å². The maximum atomic E-state index is 4.38. The number of pyridine rings is 2. The predicted octanol–water partition coefficient (Wildman–Crippen LogP) is 3.03. The molecular weight excluding hydrogens is 220 g/mol. The van der Waals surface area contributed by atoms with Gasteiger partial charge in [-0.25, -0.2) is 4.98 Å². The number of hydrogen-bond acceptors (Lipinski definition) is 1. The van der Waals surface area contributed by atoms with Crippen molar-refractivity contribution >= 4 is 10.9 Å². The third-order valence-corrected chi connectivity index (χ3v) is 3.28. The third kappa shape index (κ3) is 1.76. The molecule has 0 saturated carbocycles. The molecule has 0 aliphatic carbocycles. The maximum absolute atomic E-state index is 4.38. The molecule has 3 aromatic rings. The summed E-state index contributed by atoms with van der Waals surface area (Å²) >= 11 is 0. The van der Waals surface area contributed by atoms with Crippen LogP contribution in [-0.2, 0) is 7.05 Å². The van der Waals surface area contributed by atoms with E-state index in [4.69, 9.17) is 0 Å². The second kappa shape index (κ2) is 4.22. The monoisotopic (exact) mass is 235 g/mol. The number of benzene rings is 1. The van der Waals surface area contributed by atoms with Gasteiger partial charge < -0.3 is 0 Å². The van der Waals surface area contributed by atoms with Crippen LogP contribution >= 0.6 is 0 Å². The van der Waals surface area contributed by atoms with E-state index in [0.29, 0.717) is 0 Å². The fourth-order valence-corrected chi connectivity index (χ4v) is 2.29. The summed E-state index contributed by atoms with van der Waals surface area (Å²) in [6.45, 7) is 2.14. The van der Waals surface area contributed by atoms with E-state index in [1.165, 1.54) is 22.2 Å². The fraction of sp³-hybridized carbons (Fsp3) is 0.125. The van der Waals surface area contributed by atoms with Crippen molar-refractivity contribution in [3.63, 3.8) is 0 Å². The van der Waals surface area contributed by atoms with Crippen molar-refractivity contribution in [3.8, 4) is 11.3 Å². The van der Waals surface area contributed by atoms with E-state index in [2.05, 4.69) is 66.1 Å². The van der Waals surface area contributed by atoms with E-state index in [1.807, 2.05) is 12.3 Å². The van der Waals surface area contributed by atoms with E-state index in [9.17, 15) is 0 Å². The first-order valence-electron chi connectivity index (χ1n) is 6.06. The topological polar surface area (TPSA) is 16.8 Å². The molecule has 0 spiro atoms. The summed E-state index contributed by atoms with van der Waals surface area (Å²) in [5.41, 5.74) is 4.80. The average Bonchev–Trinajstić information content (AvgIpc) is 2.39. The highest BCUT2D eigenvalue weighted by atomic mass is 14.9. The van der Waals surface area contributed by atoms with Crippen molar-refractivity contribution < 1.29 is 4.57 Å². The Balaban J connectivity index is 2.30. The molecular formula is C16H15N2+. The first kappa shape index (κ1) is 10.9. The van der Waals surface area contributed by atoms with Crippen molar-refractivity contribution in [2.75, 3.05) is 0 Å². The van der Waals surface area contributed by atoms with Crippen LogP contribution in [0, 0.1) is 6.92 Å². The summed E-state index contributed by atoms with van der Waals surface area (Å²) in [4.78, 5) is 4.38. The Bertz CT molecular complexity index is 717. The van der Waals surface area contributed by atoms with E-state index in [-0.39, 0.29) is 0 Å². The minimum absolute atomic E-state index is 1.03. The summed E-state index contributed by atoms with van der Waals surface area (Å²) < 4.78 is 2.14. The Kier molecular flexibility index (Phi) is 2.56. The summed E-state index contributed by atoms with van der Waals surface area (Å²) in [5, 5.41) is 1.17. The van der Waals surface area contributed by atoms with Gasteiger partial charge in [0.2, 0.25) is 5.69 Å². The van der Waals surface area contributed by atoms with Gasteiger partial charge in [-0.15, -0.1) is 0 Å². The smallest absolute Gasteiger partial charge is 0.213 e. The molecule has 88 valence electrons. The molecule has 0 bridgehead atoms. The van der Waals surface area contributed by atoms with Crippen molar-refractivity contribution in [2.24, 2.45) is 7.05 Å². The Morgan fingerprint density at radius 3 is 2.72 bits per heavy atom. The lowest BCUT2D eigenvalue weighted by Crippen LogP contribution is -2.30. The van der Waals surface area contributed by atoms with Gasteiger partial charge in [-0.05, 0) is 24.6 Å².